The van der Waals surface area contributed by atoms with E-state index >= 15 is 0 Å². The highest BCUT2D eigenvalue weighted by Crippen LogP contribution is 2.07. The third-order valence-electron chi connectivity index (χ3n) is 3.15. The maximum absolute atomic E-state index is 12.1. The zero-order valence-corrected chi connectivity index (χ0v) is 11.3. The summed E-state index contributed by atoms with van der Waals surface area (Å²) in [5.74, 6) is -1.13. The van der Waals surface area contributed by atoms with Crippen LogP contribution < -0.4 is 10.6 Å². The monoisotopic (exact) mass is 271 g/mol. The number of hydrogen-bond acceptors (Lipinski definition) is 3. The van der Waals surface area contributed by atoms with E-state index in [0.29, 0.717) is 19.5 Å². The van der Waals surface area contributed by atoms with Crippen molar-refractivity contribution < 1.29 is 19.5 Å². The van der Waals surface area contributed by atoms with Crippen LogP contribution in [-0.2, 0) is 9.59 Å². The summed E-state index contributed by atoms with van der Waals surface area (Å²) in [5.41, 5.74) is 0. The standard InChI is InChI=1S/C12H21N3O4/c1-3-4-9(7-10(16)17)14-12(19)15-6-5-13-11(18)8(15)2/h8-9H,3-7H2,1-2H3,(H,13,18)(H,14,19)(H,16,17). The van der Waals surface area contributed by atoms with Gasteiger partial charge in [-0.2, -0.15) is 0 Å². The minimum absolute atomic E-state index is 0.103. The maximum Gasteiger partial charge on any atom is 0.318 e. The second-order valence-corrected chi connectivity index (χ2v) is 4.69. The molecule has 7 heteroatoms. The normalized spacial score (nSPS) is 20.6. The minimum Gasteiger partial charge on any atom is -0.481 e. The Labute approximate surface area is 112 Å². The molecule has 1 rings (SSSR count). The van der Waals surface area contributed by atoms with Crippen LogP contribution in [0.2, 0.25) is 0 Å². The first-order valence-corrected chi connectivity index (χ1v) is 6.52. The molecule has 7 nitrogen and oxygen atoms in total. The van der Waals surface area contributed by atoms with Crippen LogP contribution in [0, 0.1) is 0 Å². The molecule has 2 unspecified atom stereocenters. The van der Waals surface area contributed by atoms with Gasteiger partial charge in [-0.15, -0.1) is 0 Å². The number of carboxylic acids is 1. The predicted octanol–water partition coefficient (Wildman–Crippen LogP) is 0.160. The van der Waals surface area contributed by atoms with Crippen molar-refractivity contribution in [2.45, 2.75) is 45.2 Å². The number of nitrogens with one attached hydrogen (secondary N) is 2. The van der Waals surface area contributed by atoms with Crippen LogP contribution in [0.5, 0.6) is 0 Å². The van der Waals surface area contributed by atoms with Gasteiger partial charge in [0.2, 0.25) is 5.91 Å². The average molecular weight is 271 g/mol. The van der Waals surface area contributed by atoms with Gasteiger partial charge in [-0.25, -0.2) is 4.79 Å². The quantitative estimate of drug-likeness (QED) is 0.663. The van der Waals surface area contributed by atoms with E-state index in [-0.39, 0.29) is 18.4 Å². The molecule has 1 aliphatic rings. The number of piperazine rings is 1. The Hall–Kier alpha value is -1.79. The molecule has 1 saturated heterocycles. The Morgan fingerprint density at radius 2 is 2.26 bits per heavy atom. The number of carbonyl (C=O) groups is 3. The summed E-state index contributed by atoms with van der Waals surface area (Å²) in [6.45, 7) is 4.44. The Morgan fingerprint density at radius 1 is 1.58 bits per heavy atom. The minimum atomic E-state index is -0.941. The van der Waals surface area contributed by atoms with Gasteiger partial charge < -0.3 is 20.6 Å². The fourth-order valence-electron chi connectivity index (χ4n) is 2.10. The molecular formula is C12H21N3O4. The van der Waals surface area contributed by atoms with Gasteiger partial charge in [0.1, 0.15) is 6.04 Å². The van der Waals surface area contributed by atoms with E-state index in [2.05, 4.69) is 10.6 Å². The summed E-state index contributed by atoms with van der Waals surface area (Å²) in [6.07, 6.45) is 1.29. The van der Waals surface area contributed by atoms with Crippen LogP contribution in [-0.4, -0.2) is 53.1 Å². The number of carboxylic acid groups (broad SMARTS) is 1. The number of hydrogen-bond donors (Lipinski definition) is 3. The SMILES string of the molecule is CCCC(CC(=O)O)NC(=O)N1CCNC(=O)C1C. The lowest BCUT2D eigenvalue weighted by Crippen LogP contribution is -2.59. The lowest BCUT2D eigenvalue weighted by atomic mass is 10.1. The predicted molar refractivity (Wildman–Crippen MR) is 68.7 cm³/mol. The van der Waals surface area contributed by atoms with E-state index in [1.54, 1.807) is 6.92 Å². The molecule has 3 N–H and O–H groups in total. The van der Waals surface area contributed by atoms with Gasteiger partial charge in [0.15, 0.2) is 0 Å². The van der Waals surface area contributed by atoms with E-state index in [1.165, 1.54) is 4.90 Å². The number of rotatable bonds is 5. The molecule has 0 aromatic heterocycles. The lowest BCUT2D eigenvalue weighted by Gasteiger charge is -2.34. The van der Waals surface area contributed by atoms with Gasteiger partial charge in [-0.3, -0.25) is 9.59 Å². The first-order valence-electron chi connectivity index (χ1n) is 6.52. The summed E-state index contributed by atoms with van der Waals surface area (Å²) in [4.78, 5) is 35.7. The molecule has 1 aliphatic heterocycles. The lowest BCUT2D eigenvalue weighted by molar-refractivity contribution is -0.137. The zero-order valence-electron chi connectivity index (χ0n) is 11.3. The van der Waals surface area contributed by atoms with Crippen LogP contribution in [0.15, 0.2) is 0 Å². The summed E-state index contributed by atoms with van der Waals surface area (Å²) in [6, 6.07) is -1.30. The summed E-state index contributed by atoms with van der Waals surface area (Å²) >= 11 is 0. The van der Waals surface area contributed by atoms with Gasteiger partial charge in [0, 0.05) is 19.1 Å². The molecule has 108 valence electrons. The summed E-state index contributed by atoms with van der Waals surface area (Å²) in [7, 11) is 0. The van der Waals surface area contributed by atoms with E-state index < -0.39 is 18.1 Å². The molecular weight excluding hydrogens is 250 g/mol. The molecule has 3 amide bonds. The second-order valence-electron chi connectivity index (χ2n) is 4.69. The van der Waals surface area contributed by atoms with Crippen molar-refractivity contribution in [1.29, 1.82) is 0 Å². The number of aliphatic carboxylic acids is 1. The largest absolute Gasteiger partial charge is 0.481 e. The van der Waals surface area contributed by atoms with Crippen LogP contribution >= 0.6 is 0 Å². The van der Waals surface area contributed by atoms with Gasteiger partial charge in [0.25, 0.3) is 0 Å². The van der Waals surface area contributed by atoms with Gasteiger partial charge in [-0.1, -0.05) is 13.3 Å². The highest BCUT2D eigenvalue weighted by molar-refractivity contribution is 5.88. The molecule has 0 radical (unpaired) electrons. The molecule has 1 heterocycles. The number of carbonyl (C=O) groups excluding carboxylic acids is 2. The molecule has 2 atom stereocenters. The van der Waals surface area contributed by atoms with Crippen molar-refractivity contribution >= 4 is 17.9 Å². The Balaban J connectivity index is 2.59. The molecule has 0 spiro atoms. The van der Waals surface area contributed by atoms with Crippen LogP contribution in [0.1, 0.15) is 33.1 Å². The number of nitrogens with zero attached hydrogens (tertiary/aromatic N) is 1. The summed E-state index contributed by atoms with van der Waals surface area (Å²) < 4.78 is 0. The van der Waals surface area contributed by atoms with Crippen LogP contribution in [0.25, 0.3) is 0 Å². The molecule has 0 aromatic carbocycles. The van der Waals surface area contributed by atoms with Gasteiger partial charge in [-0.05, 0) is 13.3 Å². The number of urea groups is 1. The smallest absolute Gasteiger partial charge is 0.318 e. The molecule has 19 heavy (non-hydrogen) atoms. The molecule has 0 aliphatic carbocycles. The molecule has 0 aromatic rings. The average Bonchev–Trinajstić information content (AvgIpc) is 2.32. The fraction of sp³-hybridized carbons (Fsp3) is 0.750. The molecule has 0 bridgehead atoms. The van der Waals surface area contributed by atoms with Crippen molar-refractivity contribution in [2.75, 3.05) is 13.1 Å². The fourth-order valence-corrected chi connectivity index (χ4v) is 2.10. The first-order chi connectivity index (χ1) is 8.95. The van der Waals surface area contributed by atoms with Crippen molar-refractivity contribution in [2.24, 2.45) is 0 Å². The Morgan fingerprint density at radius 3 is 2.84 bits per heavy atom. The van der Waals surface area contributed by atoms with Crippen molar-refractivity contribution in [3.63, 3.8) is 0 Å². The highest BCUT2D eigenvalue weighted by atomic mass is 16.4. The first kappa shape index (κ1) is 15.3. The van der Waals surface area contributed by atoms with Gasteiger partial charge >= 0.3 is 12.0 Å². The second kappa shape index (κ2) is 6.96. The van der Waals surface area contributed by atoms with E-state index in [9.17, 15) is 14.4 Å². The third-order valence-corrected chi connectivity index (χ3v) is 3.15. The zero-order chi connectivity index (χ0) is 14.4. The molecule has 0 saturated carbocycles. The molecule has 1 fully saturated rings. The van der Waals surface area contributed by atoms with Crippen LogP contribution in [0.4, 0.5) is 4.79 Å². The van der Waals surface area contributed by atoms with E-state index in [0.717, 1.165) is 6.42 Å². The van der Waals surface area contributed by atoms with Crippen molar-refractivity contribution in [1.82, 2.24) is 15.5 Å². The van der Waals surface area contributed by atoms with E-state index in [4.69, 9.17) is 5.11 Å². The van der Waals surface area contributed by atoms with E-state index in [1.807, 2.05) is 6.92 Å². The summed E-state index contributed by atoms with van der Waals surface area (Å²) in [5, 5.41) is 14.2. The van der Waals surface area contributed by atoms with Crippen molar-refractivity contribution in [3.05, 3.63) is 0 Å². The third kappa shape index (κ3) is 4.42. The maximum atomic E-state index is 12.1. The Kier molecular flexibility index (Phi) is 5.59. The Bertz CT molecular complexity index is 359. The van der Waals surface area contributed by atoms with Crippen LogP contribution in [0.3, 0.4) is 0 Å². The van der Waals surface area contributed by atoms with Gasteiger partial charge in [0.05, 0.1) is 6.42 Å². The number of amides is 3. The highest BCUT2D eigenvalue weighted by Gasteiger charge is 2.30. The topological polar surface area (TPSA) is 98.7 Å². The van der Waals surface area contributed by atoms with Crippen molar-refractivity contribution in [3.8, 4) is 0 Å².